The molecule has 18 heavy (non-hydrogen) atoms. The fourth-order valence-corrected chi connectivity index (χ4v) is 3.24. The Bertz CT molecular complexity index is 389. The highest BCUT2D eigenvalue weighted by molar-refractivity contribution is 9.10. The van der Waals surface area contributed by atoms with Crippen LogP contribution in [-0.2, 0) is 0 Å². The summed E-state index contributed by atoms with van der Waals surface area (Å²) in [6.45, 7) is 2.28. The standard InChI is InChI=1S/C14H20BrClN2/c1-2-3-10-4-6-12(7-5-10)18-13-8-11(15)9-17-14(13)16/h8-10,12,18H,2-7H2,1H3. The summed E-state index contributed by atoms with van der Waals surface area (Å²) in [6, 6.07) is 2.56. The van der Waals surface area contributed by atoms with E-state index in [0.29, 0.717) is 11.2 Å². The van der Waals surface area contributed by atoms with Crippen LogP contribution >= 0.6 is 27.5 Å². The molecule has 1 aromatic heterocycles. The molecule has 1 N–H and O–H groups in total. The zero-order chi connectivity index (χ0) is 13.0. The van der Waals surface area contributed by atoms with E-state index in [2.05, 4.69) is 33.2 Å². The van der Waals surface area contributed by atoms with Gasteiger partial charge in [0.05, 0.1) is 5.69 Å². The third-order valence-corrected chi connectivity index (χ3v) is 4.44. The molecule has 0 unspecified atom stereocenters. The summed E-state index contributed by atoms with van der Waals surface area (Å²) >= 11 is 9.53. The molecule has 0 bridgehead atoms. The summed E-state index contributed by atoms with van der Waals surface area (Å²) in [5, 5.41) is 4.09. The van der Waals surface area contributed by atoms with Gasteiger partial charge in [-0.2, -0.15) is 0 Å². The van der Waals surface area contributed by atoms with E-state index < -0.39 is 0 Å². The average molecular weight is 332 g/mol. The third kappa shape index (κ3) is 3.86. The first kappa shape index (κ1) is 14.1. The van der Waals surface area contributed by atoms with Crippen molar-refractivity contribution in [3.63, 3.8) is 0 Å². The summed E-state index contributed by atoms with van der Waals surface area (Å²) in [5.41, 5.74) is 0.949. The lowest BCUT2D eigenvalue weighted by atomic mass is 9.83. The zero-order valence-corrected chi connectivity index (χ0v) is 13.1. The molecule has 1 aliphatic carbocycles. The van der Waals surface area contributed by atoms with Crippen LogP contribution in [0.2, 0.25) is 5.15 Å². The molecule has 0 aromatic carbocycles. The number of nitrogens with one attached hydrogen (secondary N) is 1. The highest BCUT2D eigenvalue weighted by Crippen LogP contribution is 2.31. The summed E-state index contributed by atoms with van der Waals surface area (Å²) in [5.74, 6) is 0.934. The minimum Gasteiger partial charge on any atom is -0.380 e. The highest BCUT2D eigenvalue weighted by atomic mass is 79.9. The van der Waals surface area contributed by atoms with Crippen LogP contribution in [-0.4, -0.2) is 11.0 Å². The van der Waals surface area contributed by atoms with Crippen LogP contribution in [0.3, 0.4) is 0 Å². The van der Waals surface area contributed by atoms with Gasteiger partial charge in [-0.3, -0.25) is 0 Å². The molecule has 1 heterocycles. The van der Waals surface area contributed by atoms with Gasteiger partial charge in [-0.25, -0.2) is 4.98 Å². The van der Waals surface area contributed by atoms with Crippen molar-refractivity contribution < 1.29 is 0 Å². The molecule has 0 amide bonds. The van der Waals surface area contributed by atoms with E-state index in [1.54, 1.807) is 6.20 Å². The van der Waals surface area contributed by atoms with E-state index in [1.165, 1.54) is 38.5 Å². The van der Waals surface area contributed by atoms with Gasteiger partial charge in [0.1, 0.15) is 0 Å². The second kappa shape index (κ2) is 6.76. The Morgan fingerprint density at radius 3 is 2.78 bits per heavy atom. The van der Waals surface area contributed by atoms with E-state index in [-0.39, 0.29) is 0 Å². The van der Waals surface area contributed by atoms with Crippen LogP contribution in [0.1, 0.15) is 45.4 Å². The Morgan fingerprint density at radius 2 is 2.11 bits per heavy atom. The number of halogens is 2. The van der Waals surface area contributed by atoms with Crippen molar-refractivity contribution in [3.8, 4) is 0 Å². The first-order valence-corrected chi connectivity index (χ1v) is 7.93. The molecule has 0 radical (unpaired) electrons. The Kier molecular flexibility index (Phi) is 5.31. The maximum absolute atomic E-state index is 6.10. The van der Waals surface area contributed by atoms with Gasteiger partial charge in [0.25, 0.3) is 0 Å². The third-order valence-electron chi connectivity index (χ3n) is 3.71. The van der Waals surface area contributed by atoms with Crippen molar-refractivity contribution >= 4 is 33.2 Å². The van der Waals surface area contributed by atoms with Crippen LogP contribution < -0.4 is 5.32 Å². The monoisotopic (exact) mass is 330 g/mol. The molecule has 0 spiro atoms. The number of aromatic nitrogens is 1. The number of rotatable bonds is 4. The van der Waals surface area contributed by atoms with Crippen molar-refractivity contribution in [2.75, 3.05) is 5.32 Å². The van der Waals surface area contributed by atoms with Gasteiger partial charge in [0.15, 0.2) is 5.15 Å². The maximum Gasteiger partial charge on any atom is 0.152 e. The van der Waals surface area contributed by atoms with Crippen LogP contribution in [0.5, 0.6) is 0 Å². The topological polar surface area (TPSA) is 24.9 Å². The molecule has 0 saturated heterocycles. The first-order chi connectivity index (χ1) is 8.69. The fourth-order valence-electron chi connectivity index (χ4n) is 2.75. The Hall–Kier alpha value is -0.280. The SMILES string of the molecule is CCCC1CCC(Nc2cc(Br)cnc2Cl)CC1. The lowest BCUT2D eigenvalue weighted by Gasteiger charge is -2.29. The van der Waals surface area contributed by atoms with E-state index in [1.807, 2.05) is 6.07 Å². The van der Waals surface area contributed by atoms with Gasteiger partial charge in [0.2, 0.25) is 0 Å². The average Bonchev–Trinajstić information content (AvgIpc) is 2.37. The quantitative estimate of drug-likeness (QED) is 0.760. The van der Waals surface area contributed by atoms with E-state index in [9.17, 15) is 0 Å². The molecule has 1 fully saturated rings. The first-order valence-electron chi connectivity index (χ1n) is 6.76. The summed E-state index contributed by atoms with van der Waals surface area (Å²) in [7, 11) is 0. The Balaban J connectivity index is 1.89. The Labute approximate surface area is 123 Å². The van der Waals surface area contributed by atoms with Crippen LogP contribution in [0, 0.1) is 5.92 Å². The van der Waals surface area contributed by atoms with E-state index >= 15 is 0 Å². The normalized spacial score (nSPS) is 23.9. The van der Waals surface area contributed by atoms with Crippen molar-refractivity contribution in [1.82, 2.24) is 4.98 Å². The highest BCUT2D eigenvalue weighted by Gasteiger charge is 2.21. The predicted molar refractivity (Wildman–Crippen MR) is 81.2 cm³/mol. The number of hydrogen-bond donors (Lipinski definition) is 1. The second-order valence-corrected chi connectivity index (χ2v) is 6.42. The van der Waals surface area contributed by atoms with Crippen LogP contribution in [0.15, 0.2) is 16.7 Å². The largest absolute Gasteiger partial charge is 0.380 e. The van der Waals surface area contributed by atoms with Gasteiger partial charge >= 0.3 is 0 Å². The molecular formula is C14H20BrClN2. The fraction of sp³-hybridized carbons (Fsp3) is 0.643. The van der Waals surface area contributed by atoms with E-state index in [4.69, 9.17) is 11.6 Å². The molecule has 1 aromatic rings. The van der Waals surface area contributed by atoms with Gasteiger partial charge in [-0.05, 0) is 53.6 Å². The van der Waals surface area contributed by atoms with Gasteiger partial charge in [-0.1, -0.05) is 31.4 Å². The van der Waals surface area contributed by atoms with Crippen molar-refractivity contribution in [2.45, 2.75) is 51.5 Å². The van der Waals surface area contributed by atoms with Gasteiger partial charge < -0.3 is 5.32 Å². The number of nitrogens with zero attached hydrogens (tertiary/aromatic N) is 1. The number of pyridine rings is 1. The minimum atomic E-state index is 0.548. The van der Waals surface area contributed by atoms with Crippen LogP contribution in [0.4, 0.5) is 5.69 Å². The maximum atomic E-state index is 6.10. The summed E-state index contributed by atoms with van der Waals surface area (Å²) < 4.78 is 0.967. The van der Waals surface area contributed by atoms with E-state index in [0.717, 1.165) is 16.1 Å². The molecule has 1 aliphatic rings. The Morgan fingerprint density at radius 1 is 1.39 bits per heavy atom. The van der Waals surface area contributed by atoms with Crippen molar-refractivity contribution in [2.24, 2.45) is 5.92 Å². The lowest BCUT2D eigenvalue weighted by molar-refractivity contribution is 0.319. The molecule has 2 rings (SSSR count). The molecule has 2 nitrogen and oxygen atoms in total. The van der Waals surface area contributed by atoms with Gasteiger partial charge in [-0.15, -0.1) is 0 Å². The lowest BCUT2D eigenvalue weighted by Crippen LogP contribution is -2.26. The smallest absolute Gasteiger partial charge is 0.152 e. The zero-order valence-electron chi connectivity index (χ0n) is 10.8. The van der Waals surface area contributed by atoms with Crippen LogP contribution in [0.25, 0.3) is 0 Å². The molecule has 0 atom stereocenters. The molecule has 100 valence electrons. The van der Waals surface area contributed by atoms with Crippen molar-refractivity contribution in [1.29, 1.82) is 0 Å². The molecule has 4 heteroatoms. The molecule has 0 aliphatic heterocycles. The minimum absolute atomic E-state index is 0.548. The van der Waals surface area contributed by atoms with Crippen molar-refractivity contribution in [3.05, 3.63) is 21.9 Å². The predicted octanol–water partition coefficient (Wildman–Crippen LogP) is 5.27. The number of anilines is 1. The molecular weight excluding hydrogens is 312 g/mol. The summed E-state index contributed by atoms with van der Waals surface area (Å²) in [4.78, 5) is 4.14. The van der Waals surface area contributed by atoms with Gasteiger partial charge in [0, 0.05) is 16.7 Å². The second-order valence-electron chi connectivity index (χ2n) is 5.14. The summed E-state index contributed by atoms with van der Waals surface area (Å²) in [6.07, 6.45) is 9.58. The molecule has 1 saturated carbocycles. The number of hydrogen-bond acceptors (Lipinski definition) is 2.